The van der Waals surface area contributed by atoms with Crippen molar-refractivity contribution >= 4 is 5.97 Å². The lowest BCUT2D eigenvalue weighted by atomic mass is 9.84. The largest absolute Gasteiger partial charge is 0.472 e. The summed E-state index contributed by atoms with van der Waals surface area (Å²) >= 11 is 0. The van der Waals surface area contributed by atoms with Crippen LogP contribution in [0.25, 0.3) is 0 Å². The van der Waals surface area contributed by atoms with Crippen LogP contribution >= 0.6 is 0 Å². The highest BCUT2D eigenvalue weighted by atomic mass is 16.8. The number of aliphatic hydroxyl groups excluding tert-OH is 5. The van der Waals surface area contributed by atoms with Gasteiger partial charge in [-0.3, -0.25) is 4.79 Å². The fourth-order valence-corrected chi connectivity index (χ4v) is 4.22. The Kier molecular flexibility index (Phi) is 5.78. The molecule has 10 nitrogen and oxygen atoms in total. The lowest BCUT2D eigenvalue weighted by molar-refractivity contribution is -0.346. The van der Waals surface area contributed by atoms with Crippen LogP contribution < -0.4 is 0 Å². The van der Waals surface area contributed by atoms with Crippen LogP contribution in [0.1, 0.15) is 20.3 Å². The van der Waals surface area contributed by atoms with E-state index in [1.54, 1.807) is 13.0 Å². The average Bonchev–Trinajstić information content (AvgIpc) is 2.86. The van der Waals surface area contributed by atoms with Gasteiger partial charge in [-0.15, -0.1) is 0 Å². The third kappa shape index (κ3) is 3.70. The minimum absolute atomic E-state index is 0.171. The Morgan fingerprint density at radius 2 is 1.89 bits per heavy atom. The predicted octanol–water partition coefficient (Wildman–Crippen LogP) is -2.01. The van der Waals surface area contributed by atoms with Crippen molar-refractivity contribution in [1.29, 1.82) is 0 Å². The quantitative estimate of drug-likeness (QED) is 0.340. The van der Waals surface area contributed by atoms with Crippen molar-refractivity contribution in [3.63, 3.8) is 0 Å². The summed E-state index contributed by atoms with van der Waals surface area (Å²) in [6.07, 6.45) is -5.92. The first kappa shape index (κ1) is 20.5. The van der Waals surface area contributed by atoms with E-state index in [9.17, 15) is 30.3 Å². The zero-order chi connectivity index (χ0) is 19.9. The van der Waals surface area contributed by atoms with Crippen molar-refractivity contribution in [3.05, 3.63) is 12.3 Å². The van der Waals surface area contributed by atoms with Gasteiger partial charge in [0, 0.05) is 19.3 Å². The maximum atomic E-state index is 11.5. The molecule has 2 heterocycles. The molecule has 0 amide bonds. The molecule has 1 aliphatic carbocycles. The number of hydrogen-bond donors (Lipinski definition) is 5. The van der Waals surface area contributed by atoms with Crippen molar-refractivity contribution < 1.29 is 49.3 Å². The highest BCUT2D eigenvalue weighted by Gasteiger charge is 2.58. The van der Waals surface area contributed by atoms with E-state index in [1.165, 1.54) is 13.2 Å². The van der Waals surface area contributed by atoms with E-state index < -0.39 is 73.1 Å². The van der Waals surface area contributed by atoms with Crippen molar-refractivity contribution in [1.82, 2.24) is 0 Å². The fraction of sp³-hybridized carbons (Fsp3) is 0.824. The maximum Gasteiger partial charge on any atom is 0.303 e. The van der Waals surface area contributed by atoms with Crippen LogP contribution in [0.4, 0.5) is 0 Å². The molecule has 3 aliphatic rings. The van der Waals surface area contributed by atoms with Crippen molar-refractivity contribution in [2.45, 2.75) is 69.0 Å². The first-order chi connectivity index (χ1) is 12.7. The normalized spacial score (nSPS) is 49.4. The van der Waals surface area contributed by atoms with Crippen molar-refractivity contribution in [2.75, 3.05) is 6.61 Å². The zero-order valence-electron chi connectivity index (χ0n) is 15.0. The molecule has 154 valence electrons. The standard InChI is InChI=1S/C17H26O10/c1-7(19)27-17(2)5-9(20)8-3-4-24-15(11(8)17)26-16-14(23)13(22)12(21)10(6-18)25-16/h3-4,8-16,18,20-23H,5-6H2,1-2H3/t8-,9?,10+,11+,12-,13-,14+,15-,16-,17-/m0/s1. The lowest BCUT2D eigenvalue weighted by Gasteiger charge is -2.44. The number of rotatable bonds is 4. The Bertz CT molecular complexity index is 580. The minimum atomic E-state index is -1.60. The Hall–Kier alpha value is -1.27. The number of hydrogen-bond acceptors (Lipinski definition) is 10. The van der Waals surface area contributed by atoms with Gasteiger partial charge in [0.05, 0.1) is 24.9 Å². The van der Waals surface area contributed by atoms with Gasteiger partial charge in [-0.2, -0.15) is 0 Å². The molecule has 0 aromatic carbocycles. The van der Waals surface area contributed by atoms with Crippen molar-refractivity contribution in [2.24, 2.45) is 11.8 Å². The Labute approximate surface area is 155 Å². The third-order valence-corrected chi connectivity index (χ3v) is 5.48. The van der Waals surface area contributed by atoms with E-state index >= 15 is 0 Å². The van der Waals surface area contributed by atoms with Crippen LogP contribution in [0.2, 0.25) is 0 Å². The summed E-state index contributed by atoms with van der Waals surface area (Å²) < 4.78 is 22.0. The van der Waals surface area contributed by atoms with Crippen LogP contribution in [-0.2, 0) is 23.7 Å². The van der Waals surface area contributed by atoms with Crippen LogP contribution in [0.15, 0.2) is 12.3 Å². The highest BCUT2D eigenvalue weighted by Crippen LogP contribution is 2.48. The van der Waals surface area contributed by atoms with Gasteiger partial charge in [-0.05, 0) is 13.0 Å². The average molecular weight is 390 g/mol. The Morgan fingerprint density at radius 1 is 1.19 bits per heavy atom. The third-order valence-electron chi connectivity index (χ3n) is 5.48. The Morgan fingerprint density at radius 3 is 2.52 bits per heavy atom. The summed E-state index contributed by atoms with van der Waals surface area (Å²) in [7, 11) is 0. The molecule has 10 atom stereocenters. The van der Waals surface area contributed by atoms with Gasteiger partial charge < -0.3 is 44.5 Å². The SMILES string of the molecule is CC(=O)O[C@@]1(C)CC(O)[C@@H]2C=CO[C@@H](O[C@@H]3O[C@H](CO)[C@H](O)[C@H](O)[C@H]3O)[C@@H]21. The smallest absolute Gasteiger partial charge is 0.303 e. The molecule has 0 radical (unpaired) electrons. The van der Waals surface area contributed by atoms with Gasteiger partial charge in [0.1, 0.15) is 30.0 Å². The number of esters is 1. The lowest BCUT2D eigenvalue weighted by Crippen LogP contribution is -2.60. The van der Waals surface area contributed by atoms with Gasteiger partial charge in [0.2, 0.25) is 6.29 Å². The second-order valence-electron chi connectivity index (χ2n) is 7.45. The van der Waals surface area contributed by atoms with E-state index in [0.29, 0.717) is 0 Å². The topological polar surface area (TPSA) is 155 Å². The molecular weight excluding hydrogens is 364 g/mol. The van der Waals surface area contributed by atoms with Gasteiger partial charge >= 0.3 is 5.97 Å². The molecule has 0 spiro atoms. The molecule has 2 fully saturated rings. The number of carbonyl (C=O) groups excluding carboxylic acids is 1. The number of aliphatic hydroxyl groups is 5. The Balaban J connectivity index is 1.81. The zero-order valence-corrected chi connectivity index (χ0v) is 15.0. The molecule has 0 bridgehead atoms. The fourth-order valence-electron chi connectivity index (χ4n) is 4.22. The first-order valence-electron chi connectivity index (χ1n) is 8.83. The van der Waals surface area contributed by atoms with Gasteiger partial charge in [-0.25, -0.2) is 0 Å². The molecule has 1 saturated heterocycles. The summed E-state index contributed by atoms with van der Waals surface area (Å²) in [6.45, 7) is 2.33. The molecule has 0 aromatic rings. The van der Waals surface area contributed by atoms with E-state index in [4.69, 9.17) is 18.9 Å². The summed E-state index contributed by atoms with van der Waals surface area (Å²) in [5.41, 5.74) is -1.08. The molecule has 5 N–H and O–H groups in total. The summed E-state index contributed by atoms with van der Waals surface area (Å²) in [4.78, 5) is 11.5. The van der Waals surface area contributed by atoms with Crippen LogP contribution in [-0.4, -0.2) is 86.8 Å². The van der Waals surface area contributed by atoms with E-state index in [1.807, 2.05) is 0 Å². The maximum absolute atomic E-state index is 11.5. The molecule has 0 aromatic heterocycles. The minimum Gasteiger partial charge on any atom is -0.472 e. The summed E-state index contributed by atoms with van der Waals surface area (Å²) in [5, 5.41) is 49.6. The van der Waals surface area contributed by atoms with Gasteiger partial charge in [0.15, 0.2) is 6.29 Å². The summed E-state index contributed by atoms with van der Waals surface area (Å²) in [6, 6.07) is 0. The molecule has 1 unspecified atom stereocenters. The van der Waals surface area contributed by atoms with E-state index in [-0.39, 0.29) is 6.42 Å². The number of carbonyl (C=O) groups is 1. The highest BCUT2D eigenvalue weighted by molar-refractivity contribution is 5.66. The molecule has 1 saturated carbocycles. The van der Waals surface area contributed by atoms with Crippen molar-refractivity contribution in [3.8, 4) is 0 Å². The predicted molar refractivity (Wildman–Crippen MR) is 86.6 cm³/mol. The molecule has 3 rings (SSSR count). The molecular formula is C17H26O10. The number of fused-ring (bicyclic) bond motifs is 1. The molecule has 2 aliphatic heterocycles. The first-order valence-corrected chi connectivity index (χ1v) is 8.83. The number of ether oxygens (including phenoxy) is 4. The van der Waals surface area contributed by atoms with Gasteiger partial charge in [-0.1, -0.05) is 0 Å². The van der Waals surface area contributed by atoms with Crippen LogP contribution in [0, 0.1) is 11.8 Å². The van der Waals surface area contributed by atoms with E-state index in [0.717, 1.165) is 0 Å². The van der Waals surface area contributed by atoms with Crippen LogP contribution in [0.3, 0.4) is 0 Å². The van der Waals surface area contributed by atoms with Gasteiger partial charge in [0.25, 0.3) is 0 Å². The second kappa shape index (κ2) is 7.63. The molecule has 27 heavy (non-hydrogen) atoms. The monoisotopic (exact) mass is 390 g/mol. The summed E-state index contributed by atoms with van der Waals surface area (Å²) in [5.74, 6) is -1.54. The molecule has 10 heteroatoms. The second-order valence-corrected chi connectivity index (χ2v) is 7.45. The van der Waals surface area contributed by atoms with E-state index in [2.05, 4.69) is 0 Å². The van der Waals surface area contributed by atoms with Crippen LogP contribution in [0.5, 0.6) is 0 Å².